The molecule has 5 heteroatoms. The van der Waals surface area contributed by atoms with E-state index in [1.807, 2.05) is 48.8 Å². The van der Waals surface area contributed by atoms with Gasteiger partial charge in [-0.3, -0.25) is 4.79 Å². The lowest BCUT2D eigenvalue weighted by atomic mass is 9.97. The normalized spacial score (nSPS) is 16.5. The molecule has 0 spiro atoms. The molecule has 2 aliphatic rings. The lowest BCUT2D eigenvalue weighted by molar-refractivity contribution is 0.0903. The van der Waals surface area contributed by atoms with E-state index in [1.165, 1.54) is 25.7 Å². The number of benzene rings is 2. The van der Waals surface area contributed by atoms with Crippen LogP contribution in [-0.2, 0) is 0 Å². The van der Waals surface area contributed by atoms with Crippen LogP contribution in [0.5, 0.6) is 0 Å². The number of carbonyl (C=O) groups is 1. The number of amides is 1. The number of hydrogen-bond acceptors (Lipinski definition) is 2. The fourth-order valence-corrected chi connectivity index (χ4v) is 4.27. The zero-order valence-corrected chi connectivity index (χ0v) is 18.1. The first kappa shape index (κ1) is 19.4. The van der Waals surface area contributed by atoms with Crippen molar-refractivity contribution in [3.05, 3.63) is 71.3 Å². The Hall–Kier alpha value is -2.59. The summed E-state index contributed by atoms with van der Waals surface area (Å²) < 4.78 is 2.12. The zero-order valence-electron chi connectivity index (χ0n) is 17.4. The monoisotopic (exact) mass is 419 g/mol. The highest BCUT2D eigenvalue weighted by Gasteiger charge is 2.39. The molecule has 1 heterocycles. The maximum Gasteiger partial charge on any atom is 0.251 e. The van der Waals surface area contributed by atoms with Gasteiger partial charge in [0.25, 0.3) is 5.91 Å². The topological polar surface area (TPSA) is 46.9 Å². The summed E-state index contributed by atoms with van der Waals surface area (Å²) in [6.07, 6.45) is 8.56. The largest absolute Gasteiger partial charge is 0.347 e. The average Bonchev–Trinajstić information content (AvgIpc) is 3.66. The fourth-order valence-electron chi connectivity index (χ4n) is 4.14. The number of nitrogens with one attached hydrogen (secondary N) is 1. The first-order valence-corrected chi connectivity index (χ1v) is 11.1. The van der Waals surface area contributed by atoms with Gasteiger partial charge in [-0.25, -0.2) is 4.98 Å². The van der Waals surface area contributed by atoms with Crippen LogP contribution in [0, 0.1) is 5.92 Å². The molecule has 0 unspecified atom stereocenters. The van der Waals surface area contributed by atoms with Crippen molar-refractivity contribution in [3.63, 3.8) is 0 Å². The van der Waals surface area contributed by atoms with E-state index in [2.05, 4.69) is 34.8 Å². The molecular formula is C25H26ClN3O. The van der Waals surface area contributed by atoms with Gasteiger partial charge in [0, 0.05) is 40.1 Å². The molecule has 154 valence electrons. The highest BCUT2D eigenvalue weighted by atomic mass is 35.5. The Balaban J connectivity index is 1.57. The molecule has 5 rings (SSSR count). The smallest absolute Gasteiger partial charge is 0.251 e. The first-order chi connectivity index (χ1) is 14.4. The van der Waals surface area contributed by atoms with Gasteiger partial charge in [0.05, 0.1) is 0 Å². The van der Waals surface area contributed by atoms with Crippen molar-refractivity contribution in [1.29, 1.82) is 0 Å². The molecule has 30 heavy (non-hydrogen) atoms. The molecule has 2 saturated carbocycles. The number of nitrogens with zero attached hydrogens (tertiary/aromatic N) is 2. The van der Waals surface area contributed by atoms with E-state index in [9.17, 15) is 4.79 Å². The van der Waals surface area contributed by atoms with Gasteiger partial charge in [-0.1, -0.05) is 23.7 Å². The first-order valence-electron chi connectivity index (χ1n) is 10.7. The molecule has 3 aromatic rings. The molecular weight excluding hydrogens is 394 g/mol. The summed E-state index contributed by atoms with van der Waals surface area (Å²) in [5.74, 6) is 2.13. The van der Waals surface area contributed by atoms with E-state index in [4.69, 9.17) is 11.6 Å². The Morgan fingerprint density at radius 1 is 1.07 bits per heavy atom. The molecule has 1 amide bonds. The summed E-state index contributed by atoms with van der Waals surface area (Å²) in [5.41, 5.74) is 3.47. The minimum atomic E-state index is -0.193. The Labute approximate surface area is 182 Å². The Kier molecular flexibility index (Phi) is 4.70. The van der Waals surface area contributed by atoms with Crippen LogP contribution in [0.4, 0.5) is 0 Å². The Morgan fingerprint density at radius 3 is 2.47 bits per heavy atom. The van der Waals surface area contributed by atoms with Crippen LogP contribution in [-0.4, -0.2) is 21.0 Å². The third-order valence-electron chi connectivity index (χ3n) is 6.28. The van der Waals surface area contributed by atoms with Crippen LogP contribution < -0.4 is 5.32 Å². The van der Waals surface area contributed by atoms with Gasteiger partial charge in [-0.2, -0.15) is 0 Å². The summed E-state index contributed by atoms with van der Waals surface area (Å²) in [6.45, 7) is 4.24. The number of aromatic nitrogens is 2. The maximum atomic E-state index is 13.2. The molecule has 1 aromatic heterocycles. The third-order valence-corrected chi connectivity index (χ3v) is 6.53. The van der Waals surface area contributed by atoms with Crippen molar-refractivity contribution in [2.24, 2.45) is 5.92 Å². The van der Waals surface area contributed by atoms with Gasteiger partial charge < -0.3 is 9.88 Å². The third kappa shape index (κ3) is 3.89. The average molecular weight is 420 g/mol. The standard InChI is InChI=1S/C25H26ClN3O/c1-25(2,20-7-8-20)28-24(30)19-13-18(16-5-9-21(26)10-6-16)14-22(15-19)29-12-11-27-23(29)17-3-4-17/h5-6,9-15,17,20H,3-4,7-8H2,1-2H3,(H,28,30). The van der Waals surface area contributed by atoms with Crippen molar-refractivity contribution >= 4 is 17.5 Å². The van der Waals surface area contributed by atoms with E-state index in [0.717, 1.165) is 22.6 Å². The molecule has 0 aliphatic heterocycles. The second-order valence-corrected chi connectivity index (χ2v) is 9.59. The number of rotatable bonds is 6. The van der Waals surface area contributed by atoms with E-state index in [1.54, 1.807) is 0 Å². The van der Waals surface area contributed by atoms with Crippen molar-refractivity contribution in [2.45, 2.75) is 51.0 Å². The number of halogens is 1. The highest BCUT2D eigenvalue weighted by molar-refractivity contribution is 6.30. The Bertz CT molecular complexity index is 1090. The van der Waals surface area contributed by atoms with Gasteiger partial charge in [-0.15, -0.1) is 0 Å². The van der Waals surface area contributed by atoms with Crippen LogP contribution >= 0.6 is 11.6 Å². The van der Waals surface area contributed by atoms with Crippen molar-refractivity contribution < 1.29 is 4.79 Å². The van der Waals surface area contributed by atoms with Gasteiger partial charge >= 0.3 is 0 Å². The minimum absolute atomic E-state index is 0.0305. The zero-order chi connectivity index (χ0) is 20.9. The number of imidazole rings is 1. The lowest BCUT2D eigenvalue weighted by Crippen LogP contribution is -2.45. The molecule has 0 radical (unpaired) electrons. The molecule has 0 atom stereocenters. The Morgan fingerprint density at radius 2 is 1.80 bits per heavy atom. The van der Waals surface area contributed by atoms with E-state index >= 15 is 0 Å². The van der Waals surface area contributed by atoms with Crippen LogP contribution in [0.3, 0.4) is 0 Å². The predicted octanol–water partition coefficient (Wildman–Crippen LogP) is 5.99. The maximum absolute atomic E-state index is 13.2. The fraction of sp³-hybridized carbons (Fsp3) is 0.360. The van der Waals surface area contributed by atoms with Gasteiger partial charge in [0.2, 0.25) is 0 Å². The van der Waals surface area contributed by atoms with E-state index in [-0.39, 0.29) is 11.4 Å². The van der Waals surface area contributed by atoms with Crippen LogP contribution in [0.2, 0.25) is 5.02 Å². The van der Waals surface area contributed by atoms with Gasteiger partial charge in [-0.05, 0) is 86.9 Å². The number of carbonyl (C=O) groups excluding carboxylic acids is 1. The summed E-state index contributed by atoms with van der Waals surface area (Å²) in [7, 11) is 0. The second-order valence-electron chi connectivity index (χ2n) is 9.16. The molecule has 1 N–H and O–H groups in total. The second kappa shape index (κ2) is 7.28. The molecule has 2 aromatic carbocycles. The molecule has 0 saturated heterocycles. The predicted molar refractivity (Wildman–Crippen MR) is 120 cm³/mol. The quantitative estimate of drug-likeness (QED) is 0.533. The van der Waals surface area contributed by atoms with E-state index in [0.29, 0.717) is 22.4 Å². The summed E-state index contributed by atoms with van der Waals surface area (Å²) in [6, 6.07) is 13.8. The molecule has 2 aliphatic carbocycles. The van der Waals surface area contributed by atoms with Crippen LogP contribution in [0.25, 0.3) is 16.8 Å². The van der Waals surface area contributed by atoms with Crippen LogP contribution in [0.15, 0.2) is 54.9 Å². The van der Waals surface area contributed by atoms with Crippen LogP contribution in [0.1, 0.15) is 61.6 Å². The molecule has 4 nitrogen and oxygen atoms in total. The van der Waals surface area contributed by atoms with Crippen molar-refractivity contribution in [2.75, 3.05) is 0 Å². The highest BCUT2D eigenvalue weighted by Crippen LogP contribution is 2.41. The minimum Gasteiger partial charge on any atom is -0.347 e. The lowest BCUT2D eigenvalue weighted by Gasteiger charge is -2.26. The van der Waals surface area contributed by atoms with E-state index < -0.39 is 0 Å². The summed E-state index contributed by atoms with van der Waals surface area (Å²) in [5, 5.41) is 3.96. The number of hydrogen-bond donors (Lipinski definition) is 1. The summed E-state index contributed by atoms with van der Waals surface area (Å²) >= 11 is 6.09. The van der Waals surface area contributed by atoms with Crippen molar-refractivity contribution in [3.8, 4) is 16.8 Å². The van der Waals surface area contributed by atoms with Crippen molar-refractivity contribution in [1.82, 2.24) is 14.9 Å². The van der Waals surface area contributed by atoms with Gasteiger partial charge in [0.15, 0.2) is 0 Å². The summed E-state index contributed by atoms with van der Waals surface area (Å²) in [4.78, 5) is 17.8. The van der Waals surface area contributed by atoms with Gasteiger partial charge in [0.1, 0.15) is 5.82 Å². The molecule has 0 bridgehead atoms. The molecule has 2 fully saturated rings. The SMILES string of the molecule is CC(C)(NC(=O)c1cc(-c2ccc(Cl)cc2)cc(-n2ccnc2C2CC2)c1)C1CC1.